The smallest absolute Gasteiger partial charge is 0 e. The van der Waals surface area contributed by atoms with Crippen LogP contribution in [0.3, 0.4) is 0 Å². The number of hydrogen-bond donors (Lipinski definition) is 0. The van der Waals surface area contributed by atoms with Crippen LogP contribution in [0.15, 0.2) is 17.7 Å². The molecule has 0 fully saturated rings. The summed E-state index contributed by atoms with van der Waals surface area (Å²) in [4.78, 5) is 0. The van der Waals surface area contributed by atoms with Gasteiger partial charge in [-0.25, -0.2) is 11.6 Å². The van der Waals surface area contributed by atoms with Gasteiger partial charge in [0.25, 0.3) is 0 Å². The van der Waals surface area contributed by atoms with E-state index in [1.165, 1.54) is 37.7 Å². The maximum atomic E-state index is 3.40. The molecule has 3 heteroatoms. The van der Waals surface area contributed by atoms with Gasteiger partial charge in [0, 0.05) is 21.7 Å². The summed E-state index contributed by atoms with van der Waals surface area (Å²) in [6.07, 6.45) is 15.6. The average molecular weight is 298 g/mol. The first-order valence-electron chi connectivity index (χ1n) is 5.63. The fourth-order valence-electron chi connectivity index (χ4n) is 1.84. The predicted molar refractivity (Wildman–Crippen MR) is 72.9 cm³/mol. The summed E-state index contributed by atoms with van der Waals surface area (Å²) >= 11 is 0. The first kappa shape index (κ1) is 22.0. The van der Waals surface area contributed by atoms with Gasteiger partial charge in [-0.15, -0.1) is 31.2 Å². The molecule has 0 radical (unpaired) electrons. The minimum Gasteiger partial charge on any atom is -0.269 e. The zero-order valence-electron chi connectivity index (χ0n) is 10.3. The van der Waals surface area contributed by atoms with Crippen molar-refractivity contribution in [1.82, 2.24) is 0 Å². The van der Waals surface area contributed by atoms with Crippen LogP contribution in [0.5, 0.6) is 0 Å². The van der Waals surface area contributed by atoms with E-state index in [2.05, 4.69) is 32.1 Å². The second-order valence-electron chi connectivity index (χ2n) is 3.93. The van der Waals surface area contributed by atoms with Crippen LogP contribution in [0.25, 0.3) is 0 Å². The van der Waals surface area contributed by atoms with Crippen LogP contribution in [-0.4, -0.2) is 0 Å². The van der Waals surface area contributed by atoms with Crippen molar-refractivity contribution in [2.24, 2.45) is 5.92 Å². The zero-order chi connectivity index (χ0) is 9.52. The Morgan fingerprint density at radius 2 is 2.00 bits per heavy atom. The number of unbranched alkanes of at least 4 members (excludes halogenated alkanes) is 1. The zero-order valence-corrected chi connectivity index (χ0v) is 13.5. The van der Waals surface area contributed by atoms with Gasteiger partial charge in [-0.1, -0.05) is 46.0 Å². The van der Waals surface area contributed by atoms with Gasteiger partial charge < -0.3 is 0 Å². The molecule has 0 N–H and O–H groups in total. The molecule has 0 saturated carbocycles. The van der Waals surface area contributed by atoms with Crippen LogP contribution >= 0.6 is 24.8 Å². The fraction of sp³-hybridized carbons (Fsp3) is 0.692. The van der Waals surface area contributed by atoms with E-state index < -0.39 is 0 Å². The van der Waals surface area contributed by atoms with Crippen LogP contribution in [-0.2, 0) is 21.7 Å². The Hall–Kier alpha value is 0.774. The molecular weight excluding hydrogens is 275 g/mol. The average Bonchev–Trinajstić information content (AvgIpc) is 2.64. The predicted octanol–water partition coefficient (Wildman–Crippen LogP) is 5.12. The van der Waals surface area contributed by atoms with E-state index in [0.29, 0.717) is 0 Å². The number of allylic oxidation sites excluding steroid dienone is 4. The quantitative estimate of drug-likeness (QED) is 0.471. The maximum Gasteiger partial charge on any atom is 0 e. The molecule has 0 aliphatic heterocycles. The Morgan fingerprint density at radius 3 is 2.44 bits per heavy atom. The third-order valence-electron chi connectivity index (χ3n) is 2.82. The monoisotopic (exact) mass is 297 g/mol. The van der Waals surface area contributed by atoms with Gasteiger partial charge in [0.1, 0.15) is 0 Å². The van der Waals surface area contributed by atoms with Crippen LogP contribution in [0.1, 0.15) is 52.4 Å². The van der Waals surface area contributed by atoms with E-state index in [1.54, 1.807) is 0 Å². The van der Waals surface area contributed by atoms with E-state index in [0.717, 1.165) is 12.3 Å². The van der Waals surface area contributed by atoms with E-state index in [1.807, 2.05) is 0 Å². The van der Waals surface area contributed by atoms with Gasteiger partial charge in [0.05, 0.1) is 0 Å². The molecule has 0 saturated heterocycles. The fourth-order valence-corrected chi connectivity index (χ4v) is 1.84. The molecular formula is C13H23Cl2Ti-. The van der Waals surface area contributed by atoms with Crippen molar-refractivity contribution in [3.8, 4) is 0 Å². The van der Waals surface area contributed by atoms with Crippen molar-refractivity contribution in [3.63, 3.8) is 0 Å². The molecule has 1 unspecified atom stereocenters. The summed E-state index contributed by atoms with van der Waals surface area (Å²) in [6, 6.07) is 0. The largest absolute Gasteiger partial charge is 0.269 e. The third-order valence-corrected chi connectivity index (χ3v) is 2.82. The SMILES string of the molecule is CCCCC(CC)CC1=[C-]CC=C1.Cl.Cl.[Ti]. The Morgan fingerprint density at radius 1 is 1.31 bits per heavy atom. The summed E-state index contributed by atoms with van der Waals surface area (Å²) in [7, 11) is 0. The van der Waals surface area contributed by atoms with E-state index in [9.17, 15) is 0 Å². The Balaban J connectivity index is -0.000000563. The van der Waals surface area contributed by atoms with Crippen molar-refractivity contribution in [3.05, 3.63) is 23.8 Å². The first-order chi connectivity index (χ1) is 6.36. The summed E-state index contributed by atoms with van der Waals surface area (Å²) < 4.78 is 0. The van der Waals surface area contributed by atoms with Gasteiger partial charge >= 0.3 is 0 Å². The molecule has 1 atom stereocenters. The summed E-state index contributed by atoms with van der Waals surface area (Å²) in [5.41, 5.74) is 1.45. The standard InChI is InChI=1S/C13H21.2ClH.Ti/c1-3-5-8-12(4-2)11-13-9-6-7-10-13;;;/h6,9,12H,3-5,7-8,11H2,1-2H3;2*1H;/q-1;;;. The number of rotatable bonds is 6. The van der Waals surface area contributed by atoms with Crippen LogP contribution in [0, 0.1) is 12.0 Å². The molecule has 94 valence electrons. The van der Waals surface area contributed by atoms with Crippen molar-refractivity contribution >= 4 is 24.8 Å². The summed E-state index contributed by atoms with van der Waals surface area (Å²) in [5, 5.41) is 0. The van der Waals surface area contributed by atoms with Crippen LogP contribution in [0.4, 0.5) is 0 Å². The normalized spacial score (nSPS) is 14.2. The maximum absolute atomic E-state index is 3.40. The van der Waals surface area contributed by atoms with Gasteiger partial charge in [-0.3, -0.25) is 6.08 Å². The minimum atomic E-state index is 0. The minimum absolute atomic E-state index is 0. The molecule has 0 nitrogen and oxygen atoms in total. The molecule has 0 heterocycles. The van der Waals surface area contributed by atoms with Crippen molar-refractivity contribution in [2.45, 2.75) is 52.4 Å². The second kappa shape index (κ2) is 13.8. The van der Waals surface area contributed by atoms with E-state index >= 15 is 0 Å². The summed E-state index contributed by atoms with van der Waals surface area (Å²) in [6.45, 7) is 4.58. The molecule has 1 aliphatic carbocycles. The van der Waals surface area contributed by atoms with Gasteiger partial charge in [0.2, 0.25) is 0 Å². The van der Waals surface area contributed by atoms with E-state index in [-0.39, 0.29) is 46.5 Å². The summed E-state index contributed by atoms with van der Waals surface area (Å²) in [5.74, 6) is 0.894. The molecule has 0 aromatic carbocycles. The number of hydrogen-bond acceptors (Lipinski definition) is 0. The van der Waals surface area contributed by atoms with Crippen LogP contribution < -0.4 is 0 Å². The van der Waals surface area contributed by atoms with Gasteiger partial charge in [-0.05, 0) is 5.92 Å². The molecule has 0 bridgehead atoms. The molecule has 16 heavy (non-hydrogen) atoms. The molecule has 0 aromatic heterocycles. The Bertz CT molecular complexity index is 200. The Kier molecular flexibility index (Phi) is 19.0. The van der Waals surface area contributed by atoms with Gasteiger partial charge in [-0.2, -0.15) is 6.08 Å². The number of halogens is 2. The van der Waals surface area contributed by atoms with E-state index in [4.69, 9.17) is 0 Å². The Labute approximate surface area is 128 Å². The molecule has 0 amide bonds. The van der Waals surface area contributed by atoms with Crippen molar-refractivity contribution in [2.75, 3.05) is 0 Å². The molecule has 1 rings (SSSR count). The van der Waals surface area contributed by atoms with Crippen molar-refractivity contribution in [1.29, 1.82) is 0 Å². The van der Waals surface area contributed by atoms with Gasteiger partial charge in [0.15, 0.2) is 0 Å². The van der Waals surface area contributed by atoms with Crippen molar-refractivity contribution < 1.29 is 21.7 Å². The molecule has 0 aromatic rings. The third kappa shape index (κ3) is 8.87. The topological polar surface area (TPSA) is 0 Å². The molecule has 1 aliphatic rings. The van der Waals surface area contributed by atoms with Crippen LogP contribution in [0.2, 0.25) is 0 Å². The first-order valence-corrected chi connectivity index (χ1v) is 5.63. The second-order valence-corrected chi connectivity index (χ2v) is 3.93. The molecule has 0 spiro atoms.